The minimum atomic E-state index is -4.11. The summed E-state index contributed by atoms with van der Waals surface area (Å²) in [4.78, 5) is 2.19. The first-order valence-electron chi connectivity index (χ1n) is 5.90. The standard InChI is InChI=1S/C6H7NO3S.C6H15N/c7-5-2-1-3-6(4-5)11(8,9)10;1-4-7(5-2)6-3/h1-4H,7H2,(H,8,9,10);4-6H2,1-3H3. The molecule has 1 rings (SSSR count). The molecule has 0 radical (unpaired) electrons. The summed E-state index contributed by atoms with van der Waals surface area (Å²) in [6, 6.07) is 5.45. The van der Waals surface area contributed by atoms with E-state index in [4.69, 9.17) is 10.3 Å². The van der Waals surface area contributed by atoms with Crippen LogP contribution in [0.1, 0.15) is 20.8 Å². The fourth-order valence-electron chi connectivity index (χ4n) is 1.35. The highest BCUT2D eigenvalue weighted by Crippen LogP contribution is 2.11. The highest BCUT2D eigenvalue weighted by molar-refractivity contribution is 7.85. The van der Waals surface area contributed by atoms with Crippen LogP contribution in [0.15, 0.2) is 29.2 Å². The molecule has 6 heteroatoms. The number of nitrogens with two attached hydrogens (primary N) is 1. The number of benzene rings is 1. The van der Waals surface area contributed by atoms with Crippen molar-refractivity contribution in [3.8, 4) is 0 Å². The number of nitrogen functional groups attached to an aromatic ring is 1. The molecule has 0 aromatic heterocycles. The predicted molar refractivity (Wildman–Crippen MR) is 74.1 cm³/mol. The molecule has 0 spiro atoms. The van der Waals surface area contributed by atoms with Crippen LogP contribution in [0.3, 0.4) is 0 Å². The van der Waals surface area contributed by atoms with Crippen LogP contribution in [0.25, 0.3) is 0 Å². The fourth-order valence-corrected chi connectivity index (χ4v) is 1.88. The van der Waals surface area contributed by atoms with Gasteiger partial charge in [-0.05, 0) is 37.8 Å². The first-order valence-corrected chi connectivity index (χ1v) is 7.34. The van der Waals surface area contributed by atoms with E-state index < -0.39 is 10.1 Å². The minimum absolute atomic E-state index is 0.183. The first-order chi connectivity index (χ1) is 8.35. The normalized spacial score (nSPS) is 10.9. The van der Waals surface area contributed by atoms with Crippen LogP contribution in [0, 0.1) is 0 Å². The van der Waals surface area contributed by atoms with E-state index in [1.54, 1.807) is 0 Å². The second kappa shape index (κ2) is 8.07. The fraction of sp³-hybridized carbons (Fsp3) is 0.500. The molecule has 1 aromatic rings. The largest absolute Gasteiger partial charge is 0.399 e. The van der Waals surface area contributed by atoms with Gasteiger partial charge in [0.05, 0.1) is 4.90 Å². The van der Waals surface area contributed by atoms with E-state index in [2.05, 4.69) is 25.7 Å². The third kappa shape index (κ3) is 6.58. The Hall–Kier alpha value is -1.11. The topological polar surface area (TPSA) is 83.6 Å². The Morgan fingerprint density at radius 1 is 1.17 bits per heavy atom. The summed E-state index contributed by atoms with van der Waals surface area (Å²) < 4.78 is 29.5. The number of rotatable bonds is 4. The molecule has 0 amide bonds. The van der Waals surface area contributed by atoms with Gasteiger partial charge in [-0.25, -0.2) is 0 Å². The van der Waals surface area contributed by atoms with Crippen molar-refractivity contribution in [1.29, 1.82) is 0 Å². The van der Waals surface area contributed by atoms with Crippen LogP contribution in [0.2, 0.25) is 0 Å². The molecule has 3 N–H and O–H groups in total. The average molecular weight is 274 g/mol. The highest BCUT2D eigenvalue weighted by atomic mass is 32.2. The van der Waals surface area contributed by atoms with Crippen LogP contribution in [0.4, 0.5) is 5.69 Å². The second-order valence-corrected chi connectivity index (χ2v) is 5.09. The van der Waals surface area contributed by atoms with Crippen LogP contribution in [0.5, 0.6) is 0 Å². The summed E-state index contributed by atoms with van der Waals surface area (Å²) in [6.45, 7) is 10.1. The number of anilines is 1. The molecule has 0 atom stereocenters. The van der Waals surface area contributed by atoms with Crippen molar-refractivity contribution in [1.82, 2.24) is 4.90 Å². The molecule has 0 aliphatic heterocycles. The van der Waals surface area contributed by atoms with E-state index in [1.807, 2.05) is 0 Å². The van der Waals surface area contributed by atoms with E-state index in [-0.39, 0.29) is 4.90 Å². The Bertz CT molecular complexity index is 437. The van der Waals surface area contributed by atoms with E-state index in [9.17, 15) is 8.42 Å². The van der Waals surface area contributed by atoms with E-state index in [0.29, 0.717) is 5.69 Å². The van der Waals surface area contributed by atoms with Gasteiger partial charge in [-0.1, -0.05) is 26.8 Å². The molecule has 0 aliphatic carbocycles. The third-order valence-corrected chi connectivity index (χ3v) is 3.35. The third-order valence-electron chi connectivity index (χ3n) is 2.50. The zero-order valence-electron chi connectivity index (χ0n) is 11.1. The van der Waals surface area contributed by atoms with Gasteiger partial charge >= 0.3 is 0 Å². The van der Waals surface area contributed by atoms with Gasteiger partial charge in [0.15, 0.2) is 0 Å². The summed E-state index contributed by atoms with van der Waals surface area (Å²) >= 11 is 0. The maximum absolute atomic E-state index is 10.5. The molecule has 104 valence electrons. The molecule has 0 heterocycles. The van der Waals surface area contributed by atoms with Gasteiger partial charge in [-0.3, -0.25) is 4.55 Å². The minimum Gasteiger partial charge on any atom is -0.399 e. The van der Waals surface area contributed by atoms with Gasteiger partial charge in [0.2, 0.25) is 0 Å². The maximum atomic E-state index is 10.5. The quantitative estimate of drug-likeness (QED) is 0.647. The summed E-state index contributed by atoms with van der Waals surface area (Å²) in [5.74, 6) is 0. The maximum Gasteiger partial charge on any atom is 0.294 e. The molecule has 0 aliphatic rings. The first kappa shape index (κ1) is 16.9. The number of hydrogen-bond acceptors (Lipinski definition) is 4. The van der Waals surface area contributed by atoms with Crippen molar-refractivity contribution < 1.29 is 13.0 Å². The van der Waals surface area contributed by atoms with E-state index in [0.717, 1.165) is 0 Å². The van der Waals surface area contributed by atoms with Gasteiger partial charge in [-0.15, -0.1) is 0 Å². The zero-order chi connectivity index (χ0) is 14.2. The van der Waals surface area contributed by atoms with Crippen molar-refractivity contribution in [2.75, 3.05) is 25.4 Å². The summed E-state index contributed by atoms with van der Waals surface area (Å²) in [7, 11) is -4.11. The Kier molecular flexibility index (Phi) is 7.58. The Balaban J connectivity index is 0.000000360. The molecule has 0 saturated heterocycles. The lowest BCUT2D eigenvalue weighted by molar-refractivity contribution is 0.321. The Morgan fingerprint density at radius 2 is 1.67 bits per heavy atom. The van der Waals surface area contributed by atoms with Crippen LogP contribution in [-0.2, 0) is 10.1 Å². The van der Waals surface area contributed by atoms with Crippen molar-refractivity contribution in [2.24, 2.45) is 0 Å². The zero-order valence-corrected chi connectivity index (χ0v) is 11.9. The lowest BCUT2D eigenvalue weighted by Crippen LogP contribution is -2.21. The highest BCUT2D eigenvalue weighted by Gasteiger charge is 2.07. The van der Waals surface area contributed by atoms with Gasteiger partial charge in [-0.2, -0.15) is 8.42 Å². The molecule has 0 bridgehead atoms. The summed E-state index contributed by atoms with van der Waals surface area (Å²) in [6.07, 6.45) is 0. The number of nitrogens with zero attached hydrogens (tertiary/aromatic N) is 1. The Morgan fingerprint density at radius 3 is 1.89 bits per heavy atom. The van der Waals surface area contributed by atoms with Gasteiger partial charge < -0.3 is 10.6 Å². The summed E-state index contributed by atoms with van der Waals surface area (Å²) in [5, 5.41) is 0. The Labute approximate surface area is 109 Å². The molecular weight excluding hydrogens is 252 g/mol. The van der Waals surface area contributed by atoms with E-state index in [1.165, 1.54) is 43.9 Å². The van der Waals surface area contributed by atoms with Crippen molar-refractivity contribution >= 4 is 15.8 Å². The smallest absolute Gasteiger partial charge is 0.294 e. The number of hydrogen-bond donors (Lipinski definition) is 2. The molecule has 0 fully saturated rings. The monoisotopic (exact) mass is 274 g/mol. The lowest BCUT2D eigenvalue weighted by atomic mass is 10.3. The van der Waals surface area contributed by atoms with Crippen LogP contribution < -0.4 is 5.73 Å². The predicted octanol–water partition coefficient (Wildman–Crippen LogP) is 1.86. The van der Waals surface area contributed by atoms with E-state index >= 15 is 0 Å². The van der Waals surface area contributed by atoms with Gasteiger partial charge in [0.25, 0.3) is 10.1 Å². The molecular formula is C12H22N2O3S. The van der Waals surface area contributed by atoms with Crippen LogP contribution in [-0.4, -0.2) is 37.5 Å². The molecule has 5 nitrogen and oxygen atoms in total. The van der Waals surface area contributed by atoms with Crippen molar-refractivity contribution in [2.45, 2.75) is 25.7 Å². The summed E-state index contributed by atoms with van der Waals surface area (Å²) in [5.41, 5.74) is 5.59. The molecule has 0 unspecified atom stereocenters. The SMILES string of the molecule is CCN(CC)CC.Nc1cccc(S(=O)(=O)O)c1. The lowest BCUT2D eigenvalue weighted by Gasteiger charge is -2.13. The second-order valence-electron chi connectivity index (χ2n) is 3.67. The van der Waals surface area contributed by atoms with Crippen LogP contribution >= 0.6 is 0 Å². The molecule has 1 aromatic carbocycles. The van der Waals surface area contributed by atoms with Gasteiger partial charge in [0.1, 0.15) is 0 Å². The van der Waals surface area contributed by atoms with Gasteiger partial charge in [0, 0.05) is 5.69 Å². The molecule has 0 saturated carbocycles. The molecule has 18 heavy (non-hydrogen) atoms. The average Bonchev–Trinajstić information content (AvgIpc) is 2.31. The van der Waals surface area contributed by atoms with Crippen molar-refractivity contribution in [3.05, 3.63) is 24.3 Å². The van der Waals surface area contributed by atoms with Crippen molar-refractivity contribution in [3.63, 3.8) is 0 Å².